The van der Waals surface area contributed by atoms with Crippen molar-refractivity contribution < 1.29 is 14.7 Å². The number of aromatic nitrogens is 7. The SMILES string of the molecule is O=C(Nc1n[nH]c(C2CCCCC2)n1)c1ccc(Cn2cnnn2)cc1.O=CO. The van der Waals surface area contributed by atoms with E-state index in [0.29, 0.717) is 24.0 Å². The molecule has 11 nitrogen and oxygen atoms in total. The fourth-order valence-corrected chi connectivity index (χ4v) is 3.26. The number of nitrogens with one attached hydrogen (secondary N) is 2. The molecule has 0 spiro atoms. The molecular formula is C18H22N8O3. The molecule has 1 aliphatic rings. The van der Waals surface area contributed by atoms with Crippen molar-refractivity contribution in [3.63, 3.8) is 0 Å². The van der Waals surface area contributed by atoms with Gasteiger partial charge < -0.3 is 5.11 Å². The van der Waals surface area contributed by atoms with Crippen LogP contribution in [0.3, 0.4) is 0 Å². The van der Waals surface area contributed by atoms with Gasteiger partial charge in [-0.1, -0.05) is 31.4 Å². The number of tetrazole rings is 1. The number of hydrogen-bond acceptors (Lipinski definition) is 7. The van der Waals surface area contributed by atoms with Gasteiger partial charge in [0.25, 0.3) is 12.4 Å². The standard InChI is InChI=1S/C17H20N8O.CH2O2/c26-16(14-8-6-12(7-9-14)10-25-11-18-23-24-25)20-17-19-15(21-22-17)13-4-2-1-3-5-13;2-1-3/h6-9,11,13H,1-5,10H2,(H2,19,20,21,22,26);1H,(H,2,3). The molecule has 1 amide bonds. The Hall–Kier alpha value is -3.63. The maximum atomic E-state index is 12.4. The molecule has 0 saturated heterocycles. The third-order valence-electron chi connectivity index (χ3n) is 4.67. The van der Waals surface area contributed by atoms with Crippen LogP contribution in [0.15, 0.2) is 30.6 Å². The second-order valence-electron chi connectivity index (χ2n) is 6.64. The molecule has 0 aliphatic heterocycles. The molecule has 3 N–H and O–H groups in total. The minimum atomic E-state index is -0.250. The zero-order chi connectivity index (χ0) is 20.5. The Labute approximate surface area is 166 Å². The number of hydrogen-bond donors (Lipinski definition) is 3. The lowest BCUT2D eigenvalue weighted by Crippen LogP contribution is -2.13. The van der Waals surface area contributed by atoms with Crippen molar-refractivity contribution in [3.05, 3.63) is 47.5 Å². The van der Waals surface area contributed by atoms with E-state index in [1.807, 2.05) is 12.1 Å². The lowest BCUT2D eigenvalue weighted by atomic mass is 9.89. The van der Waals surface area contributed by atoms with Crippen LogP contribution in [0.4, 0.5) is 5.95 Å². The number of anilines is 1. The van der Waals surface area contributed by atoms with Crippen LogP contribution < -0.4 is 5.32 Å². The molecular weight excluding hydrogens is 376 g/mol. The van der Waals surface area contributed by atoms with Crippen molar-refractivity contribution in [1.82, 2.24) is 35.4 Å². The van der Waals surface area contributed by atoms with Crippen LogP contribution in [-0.2, 0) is 11.3 Å². The number of aromatic amines is 1. The molecule has 29 heavy (non-hydrogen) atoms. The maximum Gasteiger partial charge on any atom is 0.290 e. The lowest BCUT2D eigenvalue weighted by molar-refractivity contribution is -0.122. The Morgan fingerprint density at radius 1 is 1.24 bits per heavy atom. The van der Waals surface area contributed by atoms with Crippen LogP contribution in [-0.4, -0.2) is 52.9 Å². The maximum absolute atomic E-state index is 12.4. The van der Waals surface area contributed by atoms with Crippen LogP contribution in [0.2, 0.25) is 0 Å². The fourth-order valence-electron chi connectivity index (χ4n) is 3.26. The number of H-pyrrole nitrogens is 1. The highest BCUT2D eigenvalue weighted by Gasteiger charge is 2.19. The number of carbonyl (C=O) groups excluding carboxylic acids is 1. The third-order valence-corrected chi connectivity index (χ3v) is 4.67. The normalized spacial score (nSPS) is 13.9. The van der Waals surface area contributed by atoms with Crippen LogP contribution in [0.5, 0.6) is 0 Å². The van der Waals surface area contributed by atoms with Crippen molar-refractivity contribution >= 4 is 18.3 Å². The molecule has 0 atom stereocenters. The van der Waals surface area contributed by atoms with E-state index in [1.165, 1.54) is 19.3 Å². The highest BCUT2D eigenvalue weighted by atomic mass is 16.3. The van der Waals surface area contributed by atoms with Gasteiger partial charge in [-0.05, 0) is 41.0 Å². The van der Waals surface area contributed by atoms with E-state index < -0.39 is 0 Å². The zero-order valence-electron chi connectivity index (χ0n) is 15.7. The van der Waals surface area contributed by atoms with Crippen molar-refractivity contribution in [2.75, 3.05) is 5.32 Å². The quantitative estimate of drug-likeness (QED) is 0.551. The molecule has 1 aromatic carbocycles. The van der Waals surface area contributed by atoms with Gasteiger partial charge >= 0.3 is 0 Å². The van der Waals surface area contributed by atoms with Crippen molar-refractivity contribution in [2.45, 2.75) is 44.6 Å². The van der Waals surface area contributed by atoms with Crippen molar-refractivity contribution in [1.29, 1.82) is 0 Å². The van der Waals surface area contributed by atoms with E-state index in [1.54, 1.807) is 23.1 Å². The smallest absolute Gasteiger partial charge is 0.290 e. The fraction of sp³-hybridized carbons (Fsp3) is 0.389. The topological polar surface area (TPSA) is 152 Å². The Bertz CT molecular complexity index is 902. The Morgan fingerprint density at radius 3 is 2.62 bits per heavy atom. The molecule has 11 heteroatoms. The number of amides is 1. The van der Waals surface area contributed by atoms with Gasteiger partial charge in [-0.2, -0.15) is 4.98 Å². The Balaban J connectivity index is 0.000000755. The van der Waals surface area contributed by atoms with Gasteiger partial charge in [-0.3, -0.25) is 20.0 Å². The summed E-state index contributed by atoms with van der Waals surface area (Å²) in [4.78, 5) is 25.2. The summed E-state index contributed by atoms with van der Waals surface area (Å²) in [5.41, 5.74) is 1.56. The number of carboxylic acid groups (broad SMARTS) is 1. The number of rotatable bonds is 5. The Kier molecular flexibility index (Phi) is 6.98. The third kappa shape index (κ3) is 5.67. The average molecular weight is 398 g/mol. The predicted molar refractivity (Wildman–Crippen MR) is 102 cm³/mol. The van der Waals surface area contributed by atoms with Gasteiger partial charge in [0.1, 0.15) is 12.2 Å². The molecule has 0 unspecified atom stereocenters. The molecule has 4 rings (SSSR count). The molecule has 1 saturated carbocycles. The van der Waals surface area contributed by atoms with Crippen LogP contribution in [0, 0.1) is 0 Å². The summed E-state index contributed by atoms with van der Waals surface area (Å²) < 4.78 is 1.62. The molecule has 1 aliphatic carbocycles. The molecule has 3 aromatic rings. The zero-order valence-corrected chi connectivity index (χ0v) is 15.7. The molecule has 1 fully saturated rings. The lowest BCUT2D eigenvalue weighted by Gasteiger charge is -2.18. The first kappa shape index (κ1) is 20.1. The second-order valence-corrected chi connectivity index (χ2v) is 6.64. The minimum Gasteiger partial charge on any atom is -0.483 e. The molecule has 152 valence electrons. The van der Waals surface area contributed by atoms with Crippen LogP contribution in [0.25, 0.3) is 0 Å². The second kappa shape index (κ2) is 10.1. The molecule has 2 aromatic heterocycles. The number of benzene rings is 1. The van der Waals surface area contributed by atoms with Crippen LogP contribution >= 0.6 is 0 Å². The van der Waals surface area contributed by atoms with Crippen LogP contribution in [0.1, 0.15) is 59.8 Å². The van der Waals surface area contributed by atoms with Gasteiger partial charge in [0.2, 0.25) is 5.95 Å². The predicted octanol–water partition coefficient (Wildman–Crippen LogP) is 1.84. The van der Waals surface area contributed by atoms with E-state index in [9.17, 15) is 4.79 Å². The van der Waals surface area contributed by atoms with E-state index in [4.69, 9.17) is 9.90 Å². The first-order valence-electron chi connectivity index (χ1n) is 9.31. The average Bonchev–Trinajstić information content (AvgIpc) is 3.42. The number of carbonyl (C=O) groups is 2. The monoisotopic (exact) mass is 398 g/mol. The van der Waals surface area contributed by atoms with E-state index >= 15 is 0 Å². The minimum absolute atomic E-state index is 0.229. The van der Waals surface area contributed by atoms with Gasteiger partial charge in [0, 0.05) is 11.5 Å². The van der Waals surface area contributed by atoms with Gasteiger partial charge in [0.05, 0.1) is 6.54 Å². The Morgan fingerprint density at radius 2 is 1.97 bits per heavy atom. The summed E-state index contributed by atoms with van der Waals surface area (Å²) in [5.74, 6) is 1.39. The summed E-state index contributed by atoms with van der Waals surface area (Å²) in [7, 11) is 0. The summed E-state index contributed by atoms with van der Waals surface area (Å²) in [6.45, 7) is 0.306. The van der Waals surface area contributed by atoms with E-state index in [-0.39, 0.29) is 12.4 Å². The molecule has 0 bridgehead atoms. The summed E-state index contributed by atoms with van der Waals surface area (Å²) >= 11 is 0. The number of nitrogens with zero attached hydrogens (tertiary/aromatic N) is 6. The van der Waals surface area contributed by atoms with Crippen molar-refractivity contribution in [2.24, 2.45) is 0 Å². The molecule has 2 heterocycles. The van der Waals surface area contributed by atoms with Gasteiger partial charge in [-0.15, -0.1) is 10.2 Å². The van der Waals surface area contributed by atoms with E-state index in [2.05, 4.69) is 36.0 Å². The first-order valence-corrected chi connectivity index (χ1v) is 9.31. The highest BCUT2D eigenvalue weighted by Crippen LogP contribution is 2.30. The van der Waals surface area contributed by atoms with Gasteiger partial charge in [0.15, 0.2) is 0 Å². The summed E-state index contributed by atoms with van der Waals surface area (Å²) in [6.07, 6.45) is 7.55. The summed E-state index contributed by atoms with van der Waals surface area (Å²) in [6, 6.07) is 7.29. The largest absolute Gasteiger partial charge is 0.483 e. The van der Waals surface area contributed by atoms with Crippen molar-refractivity contribution in [3.8, 4) is 0 Å². The molecule has 0 radical (unpaired) electrons. The highest BCUT2D eigenvalue weighted by molar-refractivity contribution is 6.03. The van der Waals surface area contributed by atoms with E-state index in [0.717, 1.165) is 24.2 Å². The summed E-state index contributed by atoms with van der Waals surface area (Å²) in [5, 5.41) is 27.8. The van der Waals surface area contributed by atoms with Gasteiger partial charge in [-0.25, -0.2) is 4.68 Å². The first-order chi connectivity index (χ1) is 14.2.